The molecule has 1 atom stereocenters. The lowest BCUT2D eigenvalue weighted by Crippen LogP contribution is -2.64. The molecule has 1 fully saturated rings. The largest absolute Gasteiger partial charge is 0.352 e. The van der Waals surface area contributed by atoms with Crippen LogP contribution in [0.25, 0.3) is 0 Å². The van der Waals surface area contributed by atoms with Crippen LogP contribution in [0.1, 0.15) is 31.1 Å². The number of rotatable bonds is 2. The van der Waals surface area contributed by atoms with Crippen molar-refractivity contribution in [3.63, 3.8) is 0 Å². The van der Waals surface area contributed by atoms with Gasteiger partial charge in [-0.05, 0) is 32.9 Å². The van der Waals surface area contributed by atoms with E-state index in [-0.39, 0.29) is 5.91 Å². The van der Waals surface area contributed by atoms with Gasteiger partial charge in [-0.15, -0.1) is 0 Å². The number of piperazine rings is 1. The fourth-order valence-electron chi connectivity index (χ4n) is 2.33. The first-order valence-electron chi connectivity index (χ1n) is 7.25. The van der Waals surface area contributed by atoms with E-state index in [1.165, 1.54) is 4.90 Å². The predicted octanol–water partition coefficient (Wildman–Crippen LogP) is 0.542. The van der Waals surface area contributed by atoms with Gasteiger partial charge in [0.05, 0.1) is 0 Å². The number of hydrogen-bond acceptors (Lipinski definition) is 3. The van der Waals surface area contributed by atoms with Crippen LogP contribution in [0.5, 0.6) is 0 Å². The van der Waals surface area contributed by atoms with E-state index in [1.54, 1.807) is 24.3 Å². The highest BCUT2D eigenvalue weighted by Crippen LogP contribution is 2.13. The van der Waals surface area contributed by atoms with Crippen LogP contribution in [0.2, 0.25) is 0 Å². The monoisotopic (exact) mass is 303 g/mol. The van der Waals surface area contributed by atoms with Crippen LogP contribution in [-0.4, -0.2) is 47.3 Å². The Morgan fingerprint density at radius 2 is 1.86 bits per heavy atom. The number of carbonyl (C=O) groups excluding carboxylic acids is 3. The van der Waals surface area contributed by atoms with Crippen LogP contribution in [0.15, 0.2) is 30.3 Å². The molecule has 1 aromatic carbocycles. The van der Waals surface area contributed by atoms with Gasteiger partial charge >= 0.3 is 0 Å². The normalized spacial score (nSPS) is 18.6. The zero-order chi connectivity index (χ0) is 16.3. The van der Waals surface area contributed by atoms with E-state index in [9.17, 15) is 14.4 Å². The van der Waals surface area contributed by atoms with Gasteiger partial charge in [-0.2, -0.15) is 0 Å². The summed E-state index contributed by atoms with van der Waals surface area (Å²) < 4.78 is 0. The number of nitrogens with one attached hydrogen (secondary N) is 2. The lowest BCUT2D eigenvalue weighted by molar-refractivity contribution is -0.138. The van der Waals surface area contributed by atoms with Gasteiger partial charge in [0.15, 0.2) is 6.04 Å². The molecule has 6 heteroatoms. The highest BCUT2D eigenvalue weighted by Gasteiger charge is 2.39. The molecule has 1 unspecified atom stereocenters. The van der Waals surface area contributed by atoms with Gasteiger partial charge in [0.2, 0.25) is 0 Å². The van der Waals surface area contributed by atoms with Crippen LogP contribution in [0.4, 0.5) is 0 Å². The summed E-state index contributed by atoms with van der Waals surface area (Å²) in [6, 6.07) is 7.52. The average molecular weight is 303 g/mol. The molecule has 6 nitrogen and oxygen atoms in total. The van der Waals surface area contributed by atoms with E-state index in [2.05, 4.69) is 10.6 Å². The Hall–Kier alpha value is -2.37. The second kappa shape index (κ2) is 6.17. The molecule has 3 amide bonds. The third kappa shape index (κ3) is 3.63. The fourth-order valence-corrected chi connectivity index (χ4v) is 2.33. The summed E-state index contributed by atoms with van der Waals surface area (Å²) in [6.07, 6.45) is 0. The summed E-state index contributed by atoms with van der Waals surface area (Å²) in [7, 11) is 0. The fraction of sp³-hybridized carbons (Fsp3) is 0.438. The Bertz CT molecular complexity index is 578. The van der Waals surface area contributed by atoms with Crippen molar-refractivity contribution in [3.05, 3.63) is 35.9 Å². The molecule has 0 bridgehead atoms. The number of benzene rings is 1. The maximum absolute atomic E-state index is 12.6. The van der Waals surface area contributed by atoms with E-state index in [0.717, 1.165) is 0 Å². The number of carbonyl (C=O) groups is 3. The molecule has 0 aliphatic carbocycles. The Kier molecular flexibility index (Phi) is 4.49. The van der Waals surface area contributed by atoms with Crippen molar-refractivity contribution < 1.29 is 14.4 Å². The SMILES string of the molecule is CC(C)(C)NC(=O)C1C(=O)NCCN1C(=O)c1ccccc1. The Morgan fingerprint density at radius 1 is 1.23 bits per heavy atom. The average Bonchev–Trinajstić information content (AvgIpc) is 2.45. The summed E-state index contributed by atoms with van der Waals surface area (Å²) in [5.74, 6) is -1.23. The van der Waals surface area contributed by atoms with E-state index >= 15 is 0 Å². The van der Waals surface area contributed by atoms with Crippen molar-refractivity contribution in [2.24, 2.45) is 0 Å². The second-order valence-corrected chi connectivity index (χ2v) is 6.30. The van der Waals surface area contributed by atoms with Crippen molar-refractivity contribution in [2.75, 3.05) is 13.1 Å². The predicted molar refractivity (Wildman–Crippen MR) is 82.2 cm³/mol. The molecule has 1 saturated heterocycles. The Balaban J connectivity index is 2.25. The molecule has 118 valence electrons. The first-order chi connectivity index (χ1) is 10.3. The molecule has 2 rings (SSSR count). The van der Waals surface area contributed by atoms with E-state index in [0.29, 0.717) is 18.7 Å². The van der Waals surface area contributed by atoms with Gasteiger partial charge in [-0.3, -0.25) is 14.4 Å². The van der Waals surface area contributed by atoms with E-state index in [1.807, 2.05) is 26.8 Å². The summed E-state index contributed by atoms with van der Waals surface area (Å²) in [6.45, 7) is 6.14. The highest BCUT2D eigenvalue weighted by atomic mass is 16.2. The Morgan fingerprint density at radius 3 is 2.45 bits per heavy atom. The molecule has 2 N–H and O–H groups in total. The first-order valence-corrected chi connectivity index (χ1v) is 7.25. The van der Waals surface area contributed by atoms with Crippen molar-refractivity contribution in [1.82, 2.24) is 15.5 Å². The minimum atomic E-state index is -1.14. The zero-order valence-electron chi connectivity index (χ0n) is 13.1. The van der Waals surface area contributed by atoms with Crippen LogP contribution in [0, 0.1) is 0 Å². The van der Waals surface area contributed by atoms with Crippen LogP contribution in [-0.2, 0) is 9.59 Å². The molecule has 1 aromatic rings. The van der Waals surface area contributed by atoms with Gasteiger partial charge < -0.3 is 15.5 Å². The molecule has 1 aliphatic rings. The molecular formula is C16H21N3O3. The molecule has 22 heavy (non-hydrogen) atoms. The Labute approximate surface area is 129 Å². The molecule has 0 radical (unpaired) electrons. The smallest absolute Gasteiger partial charge is 0.255 e. The number of hydrogen-bond donors (Lipinski definition) is 2. The maximum atomic E-state index is 12.6. The van der Waals surface area contributed by atoms with Crippen LogP contribution < -0.4 is 10.6 Å². The van der Waals surface area contributed by atoms with Crippen LogP contribution in [0.3, 0.4) is 0 Å². The topological polar surface area (TPSA) is 78.5 Å². The lowest BCUT2D eigenvalue weighted by atomic mass is 10.1. The van der Waals surface area contributed by atoms with Gasteiger partial charge in [0.1, 0.15) is 0 Å². The van der Waals surface area contributed by atoms with Gasteiger partial charge in [0.25, 0.3) is 17.7 Å². The molecular weight excluding hydrogens is 282 g/mol. The second-order valence-electron chi connectivity index (χ2n) is 6.30. The summed E-state index contributed by atoms with van der Waals surface area (Å²) in [4.78, 5) is 38.4. The van der Waals surface area contributed by atoms with Crippen molar-refractivity contribution in [3.8, 4) is 0 Å². The standard InChI is InChI=1S/C16H21N3O3/c1-16(2,3)18-14(21)12-13(20)17-9-10-19(12)15(22)11-7-5-4-6-8-11/h4-8,12H,9-10H2,1-3H3,(H,17,20)(H,18,21). The highest BCUT2D eigenvalue weighted by molar-refractivity contribution is 6.09. The maximum Gasteiger partial charge on any atom is 0.255 e. The third-order valence-electron chi connectivity index (χ3n) is 3.24. The molecule has 0 aromatic heterocycles. The third-order valence-corrected chi connectivity index (χ3v) is 3.24. The minimum absolute atomic E-state index is 0.307. The molecule has 0 saturated carbocycles. The molecule has 1 heterocycles. The number of amides is 3. The lowest BCUT2D eigenvalue weighted by Gasteiger charge is -2.35. The summed E-state index contributed by atoms with van der Waals surface area (Å²) >= 11 is 0. The molecule has 1 aliphatic heterocycles. The zero-order valence-corrected chi connectivity index (χ0v) is 13.1. The summed E-state index contributed by atoms with van der Waals surface area (Å²) in [5, 5.41) is 5.40. The van der Waals surface area contributed by atoms with Gasteiger partial charge in [-0.1, -0.05) is 18.2 Å². The van der Waals surface area contributed by atoms with Gasteiger partial charge in [-0.25, -0.2) is 0 Å². The van der Waals surface area contributed by atoms with E-state index < -0.39 is 23.4 Å². The quantitative estimate of drug-likeness (QED) is 0.783. The van der Waals surface area contributed by atoms with E-state index in [4.69, 9.17) is 0 Å². The van der Waals surface area contributed by atoms with Crippen molar-refractivity contribution >= 4 is 17.7 Å². The molecule has 0 spiro atoms. The van der Waals surface area contributed by atoms with Crippen LogP contribution >= 0.6 is 0 Å². The van der Waals surface area contributed by atoms with Gasteiger partial charge in [0, 0.05) is 24.2 Å². The summed E-state index contributed by atoms with van der Waals surface area (Å²) in [5.41, 5.74) is -0.0123. The first kappa shape index (κ1) is 16.0. The van der Waals surface area contributed by atoms with Crippen molar-refractivity contribution in [1.29, 1.82) is 0 Å². The number of nitrogens with zero attached hydrogens (tertiary/aromatic N) is 1. The van der Waals surface area contributed by atoms with Crippen molar-refractivity contribution in [2.45, 2.75) is 32.4 Å². The minimum Gasteiger partial charge on any atom is -0.352 e.